The molecule has 32 heavy (non-hydrogen) atoms. The Kier molecular flexibility index (Phi) is 7.12. The fourth-order valence-electron chi connectivity index (χ4n) is 2.71. The minimum absolute atomic E-state index is 0.0837. The molecule has 7 nitrogen and oxygen atoms in total. The molecule has 0 aromatic heterocycles. The third-order valence-electron chi connectivity index (χ3n) is 4.33. The number of ether oxygens (including phenoxy) is 2. The summed E-state index contributed by atoms with van der Waals surface area (Å²) in [5.41, 5.74) is 0.00546. The van der Waals surface area contributed by atoms with Gasteiger partial charge in [0.05, 0.1) is 41.1 Å². The normalized spacial score (nSPS) is 11.0. The molecule has 0 aliphatic carbocycles. The van der Waals surface area contributed by atoms with Crippen LogP contribution in [-0.2, 0) is 10.0 Å². The maximum atomic E-state index is 14.6. The number of carbonyl (C=O) groups excluding carboxylic acids is 1. The van der Waals surface area contributed by atoms with Crippen LogP contribution in [0.15, 0.2) is 59.5 Å². The first kappa shape index (κ1) is 23.6. The lowest BCUT2D eigenvalue weighted by Crippen LogP contribution is -2.16. The van der Waals surface area contributed by atoms with Crippen molar-refractivity contribution < 1.29 is 27.1 Å². The number of hydrogen-bond acceptors (Lipinski definition) is 5. The molecule has 11 heteroatoms. The molecule has 0 atom stereocenters. The topological polar surface area (TPSA) is 93.7 Å². The van der Waals surface area contributed by atoms with Gasteiger partial charge in [0.2, 0.25) is 0 Å². The Labute approximate surface area is 194 Å². The van der Waals surface area contributed by atoms with Gasteiger partial charge in [-0.05, 0) is 48.5 Å². The van der Waals surface area contributed by atoms with Crippen LogP contribution < -0.4 is 19.5 Å². The zero-order valence-electron chi connectivity index (χ0n) is 16.8. The first-order valence-corrected chi connectivity index (χ1v) is 11.2. The van der Waals surface area contributed by atoms with Gasteiger partial charge in [0.1, 0.15) is 17.3 Å². The molecule has 0 heterocycles. The maximum Gasteiger partial charge on any atom is 0.262 e. The summed E-state index contributed by atoms with van der Waals surface area (Å²) in [4.78, 5) is 12.0. The molecule has 0 unspecified atom stereocenters. The summed E-state index contributed by atoms with van der Waals surface area (Å²) < 4.78 is 52.6. The van der Waals surface area contributed by atoms with Gasteiger partial charge in [-0.15, -0.1) is 0 Å². The molecular formula is C21H17Cl2FN2O5S. The summed E-state index contributed by atoms with van der Waals surface area (Å²) in [6.45, 7) is 0. The highest BCUT2D eigenvalue weighted by Crippen LogP contribution is 2.31. The van der Waals surface area contributed by atoms with Gasteiger partial charge < -0.3 is 14.8 Å². The van der Waals surface area contributed by atoms with Gasteiger partial charge in [0, 0.05) is 11.1 Å². The van der Waals surface area contributed by atoms with E-state index in [0.29, 0.717) is 10.8 Å². The van der Waals surface area contributed by atoms with E-state index in [9.17, 15) is 17.6 Å². The largest absolute Gasteiger partial charge is 0.497 e. The monoisotopic (exact) mass is 498 g/mol. The van der Waals surface area contributed by atoms with Crippen molar-refractivity contribution in [2.75, 3.05) is 24.3 Å². The molecule has 0 fully saturated rings. The summed E-state index contributed by atoms with van der Waals surface area (Å²) in [6.07, 6.45) is 0. The van der Waals surface area contributed by atoms with E-state index in [2.05, 4.69) is 10.0 Å². The van der Waals surface area contributed by atoms with Gasteiger partial charge in [-0.2, -0.15) is 0 Å². The second-order valence-electron chi connectivity index (χ2n) is 6.39. The molecule has 0 spiro atoms. The minimum atomic E-state index is -4.16. The van der Waals surface area contributed by atoms with Crippen LogP contribution in [0.3, 0.4) is 0 Å². The van der Waals surface area contributed by atoms with Crippen molar-refractivity contribution >= 4 is 50.5 Å². The lowest BCUT2D eigenvalue weighted by atomic mass is 10.2. The highest BCUT2D eigenvalue weighted by Gasteiger charge is 2.20. The number of sulfonamides is 1. The van der Waals surface area contributed by atoms with Crippen LogP contribution in [0, 0.1) is 5.82 Å². The van der Waals surface area contributed by atoms with E-state index in [0.717, 1.165) is 18.2 Å². The predicted molar refractivity (Wildman–Crippen MR) is 121 cm³/mol. The summed E-state index contributed by atoms with van der Waals surface area (Å²) in [6, 6.07) is 11.8. The van der Waals surface area contributed by atoms with E-state index in [1.807, 2.05) is 0 Å². The Bertz CT molecular complexity index is 1290. The van der Waals surface area contributed by atoms with E-state index in [1.165, 1.54) is 44.6 Å². The van der Waals surface area contributed by atoms with Crippen LogP contribution in [0.1, 0.15) is 10.4 Å². The Balaban J connectivity index is 1.83. The van der Waals surface area contributed by atoms with Gasteiger partial charge in [-0.25, -0.2) is 12.8 Å². The number of nitrogens with one attached hydrogen (secondary N) is 2. The third kappa shape index (κ3) is 5.24. The fraction of sp³-hybridized carbons (Fsp3) is 0.0952. The predicted octanol–water partition coefficient (Wildman–Crippen LogP) is 5.20. The molecule has 1 amide bonds. The Morgan fingerprint density at radius 2 is 1.66 bits per heavy atom. The van der Waals surface area contributed by atoms with E-state index in [1.54, 1.807) is 6.07 Å². The average Bonchev–Trinajstić information content (AvgIpc) is 2.75. The molecule has 0 aliphatic heterocycles. The molecule has 3 aromatic rings. The zero-order valence-corrected chi connectivity index (χ0v) is 19.1. The Morgan fingerprint density at radius 3 is 2.28 bits per heavy atom. The Morgan fingerprint density at radius 1 is 0.938 bits per heavy atom. The van der Waals surface area contributed by atoms with Crippen LogP contribution in [0.4, 0.5) is 15.8 Å². The molecule has 0 bridgehead atoms. The van der Waals surface area contributed by atoms with E-state index >= 15 is 0 Å². The summed E-state index contributed by atoms with van der Waals surface area (Å²) >= 11 is 11.8. The molecule has 0 saturated carbocycles. The number of amides is 1. The van der Waals surface area contributed by atoms with Crippen molar-refractivity contribution in [3.05, 3.63) is 76.0 Å². The standard InChI is InChI=1S/C21H17Cl2FN2O5S/c1-30-13-4-7-19(20(10-13)31-2)26-32(28,29)14-5-8-18(17(24)11-14)25-21(27)15-6-3-12(22)9-16(15)23/h3-11,26H,1-2H3,(H,25,27). The molecular weight excluding hydrogens is 482 g/mol. The van der Waals surface area contributed by atoms with E-state index in [-0.39, 0.29) is 32.6 Å². The number of benzene rings is 3. The van der Waals surface area contributed by atoms with E-state index < -0.39 is 21.7 Å². The summed E-state index contributed by atoms with van der Waals surface area (Å²) in [5, 5.41) is 2.79. The van der Waals surface area contributed by atoms with Gasteiger partial charge >= 0.3 is 0 Å². The lowest BCUT2D eigenvalue weighted by Gasteiger charge is -2.14. The Hall–Kier alpha value is -3.01. The zero-order chi connectivity index (χ0) is 23.5. The number of halogens is 3. The first-order valence-electron chi connectivity index (χ1n) is 8.95. The van der Waals surface area contributed by atoms with Gasteiger partial charge in [0.25, 0.3) is 15.9 Å². The first-order chi connectivity index (χ1) is 15.1. The molecule has 0 radical (unpaired) electrons. The molecule has 0 saturated heterocycles. The van der Waals surface area contributed by atoms with Gasteiger partial charge in [-0.3, -0.25) is 9.52 Å². The third-order valence-corrected chi connectivity index (χ3v) is 6.24. The van der Waals surface area contributed by atoms with Crippen molar-refractivity contribution in [2.24, 2.45) is 0 Å². The van der Waals surface area contributed by atoms with Crippen LogP contribution in [-0.4, -0.2) is 28.5 Å². The number of rotatable bonds is 7. The number of hydrogen-bond donors (Lipinski definition) is 2. The molecule has 0 aliphatic rings. The van der Waals surface area contributed by atoms with Gasteiger partial charge in [0.15, 0.2) is 0 Å². The van der Waals surface area contributed by atoms with Crippen LogP contribution in [0.25, 0.3) is 0 Å². The molecule has 168 valence electrons. The van der Waals surface area contributed by atoms with Crippen molar-refractivity contribution in [3.8, 4) is 11.5 Å². The molecule has 3 rings (SSSR count). The lowest BCUT2D eigenvalue weighted by molar-refractivity contribution is 0.102. The van der Waals surface area contributed by atoms with Crippen molar-refractivity contribution in [1.82, 2.24) is 0 Å². The van der Waals surface area contributed by atoms with Crippen molar-refractivity contribution in [2.45, 2.75) is 4.90 Å². The second kappa shape index (κ2) is 9.64. The molecule has 2 N–H and O–H groups in total. The highest BCUT2D eigenvalue weighted by molar-refractivity contribution is 7.92. The van der Waals surface area contributed by atoms with Crippen LogP contribution in [0.5, 0.6) is 11.5 Å². The van der Waals surface area contributed by atoms with Crippen molar-refractivity contribution in [3.63, 3.8) is 0 Å². The van der Waals surface area contributed by atoms with Gasteiger partial charge in [-0.1, -0.05) is 23.2 Å². The summed E-state index contributed by atoms with van der Waals surface area (Å²) in [7, 11) is -1.32. The summed E-state index contributed by atoms with van der Waals surface area (Å²) in [5.74, 6) is -0.941. The second-order valence-corrected chi connectivity index (χ2v) is 8.92. The fourth-order valence-corrected chi connectivity index (χ4v) is 4.29. The highest BCUT2D eigenvalue weighted by atomic mass is 35.5. The number of carbonyl (C=O) groups is 1. The van der Waals surface area contributed by atoms with Crippen LogP contribution in [0.2, 0.25) is 10.0 Å². The van der Waals surface area contributed by atoms with E-state index in [4.69, 9.17) is 32.7 Å². The average molecular weight is 499 g/mol. The maximum absolute atomic E-state index is 14.6. The minimum Gasteiger partial charge on any atom is -0.497 e. The van der Waals surface area contributed by atoms with Crippen LogP contribution >= 0.6 is 23.2 Å². The number of methoxy groups -OCH3 is 2. The smallest absolute Gasteiger partial charge is 0.262 e. The van der Waals surface area contributed by atoms with Crippen molar-refractivity contribution in [1.29, 1.82) is 0 Å². The SMILES string of the molecule is COc1ccc(NS(=O)(=O)c2ccc(NC(=O)c3ccc(Cl)cc3Cl)c(F)c2)c(OC)c1. The quantitative estimate of drug-likeness (QED) is 0.466. The molecule has 3 aromatic carbocycles. The number of anilines is 2.